The first kappa shape index (κ1) is 38.1. The van der Waals surface area contributed by atoms with E-state index in [9.17, 15) is 24.3 Å². The molecule has 14 heteroatoms. The van der Waals surface area contributed by atoms with Gasteiger partial charge in [0, 0.05) is 57.0 Å². The summed E-state index contributed by atoms with van der Waals surface area (Å²) in [6.45, 7) is 3.90. The maximum atomic E-state index is 12.7. The lowest BCUT2D eigenvalue weighted by Crippen LogP contribution is -2.47. The van der Waals surface area contributed by atoms with E-state index in [0.717, 1.165) is 49.0 Å². The van der Waals surface area contributed by atoms with Crippen molar-refractivity contribution in [2.75, 3.05) is 26.2 Å². The van der Waals surface area contributed by atoms with E-state index in [-0.39, 0.29) is 29.5 Å². The fraction of sp³-hybridized carbons (Fsp3) is 0.357. The van der Waals surface area contributed by atoms with Crippen LogP contribution in [0.15, 0.2) is 113 Å². The van der Waals surface area contributed by atoms with Gasteiger partial charge in [-0.2, -0.15) is 0 Å². The molecule has 2 aliphatic heterocycles. The molecule has 1 unspecified atom stereocenters. The third kappa shape index (κ3) is 8.86. The van der Waals surface area contributed by atoms with Crippen LogP contribution in [0.4, 0.5) is 9.59 Å². The molecule has 2 aliphatic rings. The number of piperidine rings is 2. The number of aromatic amines is 2. The second kappa shape index (κ2) is 17.5. The van der Waals surface area contributed by atoms with E-state index in [1.165, 1.54) is 16.0 Å². The number of likely N-dealkylation sites (tertiary alicyclic amines) is 2. The van der Waals surface area contributed by atoms with Crippen molar-refractivity contribution >= 4 is 34.4 Å². The van der Waals surface area contributed by atoms with Crippen molar-refractivity contribution in [2.24, 2.45) is 0 Å². The van der Waals surface area contributed by atoms with E-state index in [1.807, 2.05) is 48.5 Å². The summed E-state index contributed by atoms with van der Waals surface area (Å²) < 4.78 is 3.53. The summed E-state index contributed by atoms with van der Waals surface area (Å²) in [5.41, 5.74) is 5.29. The Bertz CT molecular complexity index is 2300. The number of fused-ring (bicyclic) bond motifs is 2. The Kier molecular flexibility index (Phi) is 11.9. The highest BCUT2D eigenvalue weighted by Gasteiger charge is 2.33. The van der Waals surface area contributed by atoms with Crippen LogP contribution in [0.5, 0.6) is 0 Å². The van der Waals surface area contributed by atoms with Crippen molar-refractivity contribution in [1.29, 1.82) is 0 Å². The SMILES string of the molecule is O=C(O)N1CCC(n2c(=O)[nH]c3ccccc32)CC1.O=C(O)N1CCC(n2c(=O)[nH]c3ncccc32)C[C@@H]1CCCN(Cc1ccccc1)Cc1ccccc1. The fourth-order valence-corrected chi connectivity index (χ4v) is 8.31. The molecule has 6 aromatic rings. The van der Waals surface area contributed by atoms with Gasteiger partial charge in [-0.05, 0) is 80.5 Å². The second-order valence-corrected chi connectivity index (χ2v) is 14.6. The minimum absolute atomic E-state index is 0.0595. The summed E-state index contributed by atoms with van der Waals surface area (Å²) in [4.78, 5) is 63.0. The van der Waals surface area contributed by atoms with Crippen LogP contribution in [-0.2, 0) is 13.1 Å². The average molecular weight is 761 g/mol. The molecule has 0 aliphatic carbocycles. The fourth-order valence-electron chi connectivity index (χ4n) is 8.31. The molecule has 3 aromatic carbocycles. The molecular weight excluding hydrogens is 713 g/mol. The van der Waals surface area contributed by atoms with Crippen LogP contribution in [0.1, 0.15) is 61.7 Å². The van der Waals surface area contributed by atoms with Gasteiger partial charge in [-0.3, -0.25) is 19.0 Å². The zero-order valence-electron chi connectivity index (χ0n) is 31.2. The van der Waals surface area contributed by atoms with Crippen molar-refractivity contribution in [1.82, 2.24) is 38.8 Å². The number of benzene rings is 3. The molecule has 5 heterocycles. The molecule has 4 N–H and O–H groups in total. The number of rotatable bonds is 10. The Morgan fingerprint density at radius 2 is 1.29 bits per heavy atom. The number of carbonyl (C=O) groups is 2. The summed E-state index contributed by atoms with van der Waals surface area (Å²) in [5.74, 6) is 0. The Hall–Kier alpha value is -6.15. The first-order chi connectivity index (χ1) is 27.2. The predicted molar refractivity (Wildman–Crippen MR) is 214 cm³/mol. The number of hydrogen-bond acceptors (Lipinski definition) is 6. The van der Waals surface area contributed by atoms with E-state index in [1.54, 1.807) is 20.2 Å². The van der Waals surface area contributed by atoms with Gasteiger partial charge in [0.2, 0.25) is 0 Å². The van der Waals surface area contributed by atoms with Gasteiger partial charge in [-0.25, -0.2) is 24.2 Å². The molecule has 0 bridgehead atoms. The molecule has 0 radical (unpaired) electrons. The van der Waals surface area contributed by atoms with Crippen LogP contribution in [-0.4, -0.2) is 93.4 Å². The quantitative estimate of drug-likeness (QED) is 0.122. The van der Waals surface area contributed by atoms with Crippen molar-refractivity contribution in [3.05, 3.63) is 135 Å². The Morgan fingerprint density at radius 3 is 1.95 bits per heavy atom. The molecule has 0 spiro atoms. The van der Waals surface area contributed by atoms with Crippen molar-refractivity contribution < 1.29 is 19.8 Å². The van der Waals surface area contributed by atoms with Crippen molar-refractivity contribution in [3.63, 3.8) is 0 Å². The summed E-state index contributed by atoms with van der Waals surface area (Å²) in [6, 6.07) is 32.0. The van der Waals surface area contributed by atoms with Gasteiger partial charge in [0.15, 0.2) is 5.65 Å². The predicted octanol–water partition coefficient (Wildman–Crippen LogP) is 6.54. The second-order valence-electron chi connectivity index (χ2n) is 14.6. The van der Waals surface area contributed by atoms with Gasteiger partial charge >= 0.3 is 23.6 Å². The lowest BCUT2D eigenvalue weighted by Gasteiger charge is -2.38. The molecule has 14 nitrogen and oxygen atoms in total. The first-order valence-electron chi connectivity index (χ1n) is 19.3. The van der Waals surface area contributed by atoms with Gasteiger partial charge in [-0.1, -0.05) is 72.8 Å². The van der Waals surface area contributed by atoms with E-state index >= 15 is 0 Å². The summed E-state index contributed by atoms with van der Waals surface area (Å²) in [6.07, 6.45) is 4.08. The van der Waals surface area contributed by atoms with Gasteiger partial charge < -0.3 is 25.0 Å². The maximum absolute atomic E-state index is 12.7. The minimum atomic E-state index is -0.887. The molecular formula is C42H48N8O6. The van der Waals surface area contributed by atoms with Gasteiger partial charge in [0.05, 0.1) is 16.6 Å². The Balaban J connectivity index is 0.000000211. The monoisotopic (exact) mass is 760 g/mol. The molecule has 2 saturated heterocycles. The number of para-hydroxylation sites is 2. The van der Waals surface area contributed by atoms with Crippen LogP contribution in [0, 0.1) is 0 Å². The average Bonchev–Trinajstić information content (AvgIpc) is 3.73. The van der Waals surface area contributed by atoms with Crippen LogP contribution in [0.3, 0.4) is 0 Å². The standard InChI is InChI=1S/C29H33N5O3.C13H15N3O3/c35-28-31-27-26(14-7-16-30-27)34(28)25-15-18-33(29(36)37)24(19-25)13-8-17-32(20-22-9-3-1-4-10-22)21-23-11-5-2-6-12-23;17-12-14-10-3-1-2-4-11(10)16(12)9-5-7-15(8-6-9)13(18)19/h1-7,9-12,14,16,24-25H,8,13,15,17-21H2,(H,36,37)(H,30,31,35);1-4,9H,5-8H2,(H,14,17)(H,18,19)/t24-,25?;/m0./s1. The van der Waals surface area contributed by atoms with Gasteiger partial charge in [-0.15, -0.1) is 0 Å². The normalized spacial score (nSPS) is 17.6. The Morgan fingerprint density at radius 1 is 0.696 bits per heavy atom. The van der Waals surface area contributed by atoms with Crippen LogP contribution >= 0.6 is 0 Å². The zero-order valence-corrected chi connectivity index (χ0v) is 31.2. The molecule has 2 amide bonds. The third-order valence-corrected chi connectivity index (χ3v) is 11.0. The molecule has 2 fully saturated rings. The van der Waals surface area contributed by atoms with Gasteiger partial charge in [0.25, 0.3) is 0 Å². The van der Waals surface area contributed by atoms with Gasteiger partial charge in [0.1, 0.15) is 0 Å². The molecule has 2 atom stereocenters. The molecule has 0 saturated carbocycles. The van der Waals surface area contributed by atoms with Crippen LogP contribution in [0.2, 0.25) is 0 Å². The summed E-state index contributed by atoms with van der Waals surface area (Å²) in [5, 5.41) is 18.8. The van der Waals surface area contributed by atoms with Crippen LogP contribution in [0.25, 0.3) is 22.2 Å². The molecule has 292 valence electrons. The van der Waals surface area contributed by atoms with E-state index in [2.05, 4.69) is 68.4 Å². The number of amides is 2. The number of aromatic nitrogens is 5. The largest absolute Gasteiger partial charge is 0.465 e. The molecule has 3 aromatic heterocycles. The lowest BCUT2D eigenvalue weighted by atomic mass is 9.93. The lowest BCUT2D eigenvalue weighted by molar-refractivity contribution is 0.0853. The third-order valence-electron chi connectivity index (χ3n) is 11.0. The first-order valence-corrected chi connectivity index (χ1v) is 19.3. The number of pyridine rings is 1. The van der Waals surface area contributed by atoms with Crippen molar-refractivity contribution in [2.45, 2.75) is 69.7 Å². The van der Waals surface area contributed by atoms with E-state index < -0.39 is 12.2 Å². The Labute approximate surface area is 323 Å². The number of hydrogen-bond donors (Lipinski definition) is 4. The number of nitrogens with zero attached hydrogens (tertiary/aromatic N) is 6. The highest BCUT2D eigenvalue weighted by atomic mass is 16.4. The van der Waals surface area contributed by atoms with E-state index in [0.29, 0.717) is 51.0 Å². The summed E-state index contributed by atoms with van der Waals surface area (Å²) in [7, 11) is 0. The summed E-state index contributed by atoms with van der Waals surface area (Å²) >= 11 is 0. The topological polar surface area (TPSA) is 173 Å². The number of H-pyrrole nitrogens is 2. The number of nitrogens with one attached hydrogen (secondary N) is 2. The minimum Gasteiger partial charge on any atom is -0.465 e. The van der Waals surface area contributed by atoms with E-state index in [4.69, 9.17) is 5.11 Å². The highest BCUT2D eigenvalue weighted by Crippen LogP contribution is 2.31. The zero-order chi connectivity index (χ0) is 39.0. The molecule has 8 rings (SSSR count). The highest BCUT2D eigenvalue weighted by molar-refractivity contribution is 5.75. The van der Waals surface area contributed by atoms with Crippen molar-refractivity contribution in [3.8, 4) is 0 Å². The van der Waals surface area contributed by atoms with Crippen LogP contribution < -0.4 is 11.4 Å². The molecule has 56 heavy (non-hydrogen) atoms. The smallest absolute Gasteiger partial charge is 0.407 e. The number of imidazole rings is 2. The maximum Gasteiger partial charge on any atom is 0.407 e. The number of carboxylic acid groups (broad SMARTS) is 2.